The van der Waals surface area contributed by atoms with Crippen LogP contribution in [0.5, 0.6) is 0 Å². The number of rotatable bonds is 5. The van der Waals surface area contributed by atoms with Crippen molar-refractivity contribution in [2.75, 3.05) is 5.32 Å². The number of anilines is 1. The van der Waals surface area contributed by atoms with Crippen molar-refractivity contribution in [1.29, 1.82) is 0 Å². The molecule has 0 aliphatic carbocycles. The van der Waals surface area contributed by atoms with E-state index in [4.69, 9.17) is 4.42 Å². The molecule has 0 aliphatic rings. The van der Waals surface area contributed by atoms with Crippen molar-refractivity contribution >= 4 is 22.7 Å². The molecule has 0 spiro atoms. The predicted molar refractivity (Wildman–Crippen MR) is 128 cm³/mol. The summed E-state index contributed by atoms with van der Waals surface area (Å²) in [6, 6.07) is 20.8. The molecular formula is C27H26N2O3. The van der Waals surface area contributed by atoms with Crippen molar-refractivity contribution in [3.63, 3.8) is 0 Å². The summed E-state index contributed by atoms with van der Waals surface area (Å²) >= 11 is 0. The molecule has 2 amide bonds. The number of urea groups is 1. The smallest absolute Gasteiger partial charge is 0.322 e. The first-order chi connectivity index (χ1) is 15.4. The van der Waals surface area contributed by atoms with Crippen LogP contribution in [0.3, 0.4) is 0 Å². The van der Waals surface area contributed by atoms with Crippen LogP contribution < -0.4 is 10.7 Å². The maximum absolute atomic E-state index is 13.3. The van der Waals surface area contributed by atoms with Gasteiger partial charge in [-0.1, -0.05) is 54.1 Å². The van der Waals surface area contributed by atoms with Crippen LogP contribution in [0.25, 0.3) is 11.0 Å². The summed E-state index contributed by atoms with van der Waals surface area (Å²) in [6.07, 6.45) is 1.46. The van der Waals surface area contributed by atoms with E-state index in [1.54, 1.807) is 11.0 Å². The number of hydrogen-bond donors (Lipinski definition) is 1. The molecule has 4 aromatic rings. The first-order valence-corrected chi connectivity index (χ1v) is 10.6. The molecule has 3 aromatic carbocycles. The van der Waals surface area contributed by atoms with Crippen LogP contribution in [0.1, 0.15) is 27.8 Å². The lowest BCUT2D eigenvalue weighted by atomic mass is 10.1. The number of amides is 2. The summed E-state index contributed by atoms with van der Waals surface area (Å²) in [5, 5.41) is 3.54. The van der Waals surface area contributed by atoms with Crippen LogP contribution in [-0.4, -0.2) is 10.9 Å². The Kier molecular flexibility index (Phi) is 6.08. The summed E-state index contributed by atoms with van der Waals surface area (Å²) in [5.41, 5.74) is 5.69. The molecular weight excluding hydrogens is 400 g/mol. The number of carbonyl (C=O) groups is 1. The molecule has 5 heteroatoms. The molecule has 32 heavy (non-hydrogen) atoms. The summed E-state index contributed by atoms with van der Waals surface area (Å²) in [7, 11) is 0. The van der Waals surface area contributed by atoms with Gasteiger partial charge in [0.1, 0.15) is 5.58 Å². The summed E-state index contributed by atoms with van der Waals surface area (Å²) < 4.78 is 5.70. The Morgan fingerprint density at radius 3 is 2.50 bits per heavy atom. The van der Waals surface area contributed by atoms with Gasteiger partial charge in [0, 0.05) is 12.2 Å². The third kappa shape index (κ3) is 4.57. The Morgan fingerprint density at radius 2 is 1.72 bits per heavy atom. The zero-order chi connectivity index (χ0) is 22.7. The number of nitrogens with zero attached hydrogens (tertiary/aromatic N) is 1. The minimum atomic E-state index is -0.272. The normalized spacial score (nSPS) is 10.8. The second kappa shape index (κ2) is 9.10. The molecule has 0 saturated carbocycles. The van der Waals surface area contributed by atoms with Gasteiger partial charge in [0.15, 0.2) is 5.43 Å². The molecule has 162 valence electrons. The molecule has 0 bridgehead atoms. The second-order valence-corrected chi connectivity index (χ2v) is 8.11. The van der Waals surface area contributed by atoms with Gasteiger partial charge in [-0.15, -0.1) is 0 Å². The first kappa shape index (κ1) is 21.4. The molecule has 1 aromatic heterocycles. The zero-order valence-electron chi connectivity index (χ0n) is 18.5. The van der Waals surface area contributed by atoms with Gasteiger partial charge in [-0.2, -0.15) is 0 Å². The summed E-state index contributed by atoms with van der Waals surface area (Å²) in [4.78, 5) is 28.1. The van der Waals surface area contributed by atoms with Crippen molar-refractivity contribution in [2.45, 2.75) is 33.9 Å². The summed E-state index contributed by atoms with van der Waals surface area (Å²) in [5.74, 6) is 0. The van der Waals surface area contributed by atoms with E-state index < -0.39 is 0 Å². The van der Waals surface area contributed by atoms with Crippen molar-refractivity contribution in [3.8, 4) is 0 Å². The van der Waals surface area contributed by atoms with Gasteiger partial charge in [0.25, 0.3) is 0 Å². The lowest BCUT2D eigenvalue weighted by molar-refractivity contribution is 0.206. The fourth-order valence-electron chi connectivity index (χ4n) is 3.68. The fourth-order valence-corrected chi connectivity index (χ4v) is 3.68. The van der Waals surface area contributed by atoms with Crippen LogP contribution in [0, 0.1) is 20.8 Å². The lowest BCUT2D eigenvalue weighted by Crippen LogP contribution is -2.35. The highest BCUT2D eigenvalue weighted by molar-refractivity contribution is 5.90. The zero-order valence-corrected chi connectivity index (χ0v) is 18.5. The number of nitrogens with one attached hydrogen (secondary N) is 1. The van der Waals surface area contributed by atoms with Crippen LogP contribution in [0.15, 0.2) is 82.2 Å². The number of fused-ring (bicyclic) bond motifs is 1. The van der Waals surface area contributed by atoms with E-state index >= 15 is 0 Å². The van der Waals surface area contributed by atoms with Gasteiger partial charge >= 0.3 is 6.03 Å². The second-order valence-electron chi connectivity index (χ2n) is 8.11. The average molecular weight is 427 g/mol. The van der Waals surface area contributed by atoms with Gasteiger partial charge in [0.2, 0.25) is 0 Å². The predicted octanol–water partition coefficient (Wildman–Crippen LogP) is 5.95. The van der Waals surface area contributed by atoms with E-state index in [1.807, 2.05) is 81.4 Å². The van der Waals surface area contributed by atoms with E-state index in [0.717, 1.165) is 27.9 Å². The summed E-state index contributed by atoms with van der Waals surface area (Å²) in [6.45, 7) is 6.42. The molecule has 1 N–H and O–H groups in total. The van der Waals surface area contributed by atoms with E-state index in [-0.39, 0.29) is 18.0 Å². The third-order valence-corrected chi connectivity index (χ3v) is 5.71. The van der Waals surface area contributed by atoms with Crippen LogP contribution in [0.2, 0.25) is 0 Å². The highest BCUT2D eigenvalue weighted by atomic mass is 16.3. The van der Waals surface area contributed by atoms with Crippen LogP contribution in [0.4, 0.5) is 10.5 Å². The highest BCUT2D eigenvalue weighted by Crippen LogP contribution is 2.20. The molecule has 0 fully saturated rings. The van der Waals surface area contributed by atoms with Gasteiger partial charge in [-0.3, -0.25) is 4.79 Å². The molecule has 0 unspecified atom stereocenters. The first-order valence-electron chi connectivity index (χ1n) is 10.6. The Labute approximate surface area is 187 Å². The molecule has 0 atom stereocenters. The van der Waals surface area contributed by atoms with Gasteiger partial charge < -0.3 is 14.6 Å². The van der Waals surface area contributed by atoms with Gasteiger partial charge in [-0.05, 0) is 55.7 Å². The largest absolute Gasteiger partial charge is 0.464 e. The fraction of sp³-hybridized carbons (Fsp3) is 0.185. The molecule has 4 rings (SSSR count). The lowest BCUT2D eigenvalue weighted by Gasteiger charge is -2.24. The van der Waals surface area contributed by atoms with Crippen LogP contribution in [-0.2, 0) is 13.1 Å². The number of hydrogen-bond acceptors (Lipinski definition) is 3. The van der Waals surface area contributed by atoms with E-state index in [9.17, 15) is 9.59 Å². The molecule has 5 nitrogen and oxygen atoms in total. The van der Waals surface area contributed by atoms with E-state index in [2.05, 4.69) is 5.32 Å². The number of benzene rings is 3. The SMILES string of the molecule is Cc1ccc2occ(CN(Cc3ccccc3)C(=O)Nc3cccc(C)c3C)c(=O)c2c1. The molecule has 1 heterocycles. The van der Waals surface area contributed by atoms with E-state index in [0.29, 0.717) is 23.1 Å². The maximum atomic E-state index is 13.3. The highest BCUT2D eigenvalue weighted by Gasteiger charge is 2.19. The van der Waals surface area contributed by atoms with Crippen molar-refractivity contribution in [1.82, 2.24) is 4.90 Å². The minimum Gasteiger partial charge on any atom is -0.464 e. The Balaban J connectivity index is 1.67. The maximum Gasteiger partial charge on any atom is 0.322 e. The van der Waals surface area contributed by atoms with Crippen molar-refractivity contribution in [2.24, 2.45) is 0 Å². The molecule has 0 aliphatic heterocycles. The number of carbonyl (C=O) groups excluding carboxylic acids is 1. The Bertz CT molecular complexity index is 1330. The Morgan fingerprint density at radius 1 is 0.938 bits per heavy atom. The monoisotopic (exact) mass is 426 g/mol. The minimum absolute atomic E-state index is 0.118. The van der Waals surface area contributed by atoms with Crippen molar-refractivity contribution in [3.05, 3.63) is 111 Å². The third-order valence-electron chi connectivity index (χ3n) is 5.71. The quantitative estimate of drug-likeness (QED) is 0.429. The van der Waals surface area contributed by atoms with Crippen LogP contribution >= 0.6 is 0 Å². The van der Waals surface area contributed by atoms with Gasteiger partial charge in [-0.25, -0.2) is 4.79 Å². The van der Waals surface area contributed by atoms with Crippen molar-refractivity contribution < 1.29 is 9.21 Å². The van der Waals surface area contributed by atoms with Gasteiger partial charge in [0.05, 0.1) is 23.8 Å². The Hall–Kier alpha value is -3.86. The topological polar surface area (TPSA) is 62.6 Å². The standard InChI is InChI=1S/C27H26N2O3/c1-18-12-13-25-23(14-18)26(30)22(17-32-25)16-29(15-21-9-5-4-6-10-21)27(31)28-24-11-7-8-19(2)20(24)3/h4-14,17H,15-16H2,1-3H3,(H,28,31). The van der Waals surface area contributed by atoms with E-state index in [1.165, 1.54) is 6.26 Å². The molecule has 0 saturated heterocycles. The molecule has 0 radical (unpaired) electrons. The number of aryl methyl sites for hydroxylation is 2. The average Bonchev–Trinajstić information content (AvgIpc) is 2.79.